The van der Waals surface area contributed by atoms with Crippen LogP contribution in [0.3, 0.4) is 0 Å². The molecule has 0 amide bonds. The number of fused-ring (bicyclic) bond motifs is 1. The van der Waals surface area contributed by atoms with Gasteiger partial charge in [-0.1, -0.05) is 19.9 Å². The maximum Gasteiger partial charge on any atom is 0.339 e. The van der Waals surface area contributed by atoms with E-state index in [4.69, 9.17) is 4.74 Å². The fourth-order valence-corrected chi connectivity index (χ4v) is 2.77. The molecule has 3 aromatic rings. The van der Waals surface area contributed by atoms with Gasteiger partial charge in [-0.15, -0.1) is 0 Å². The molecule has 0 unspecified atom stereocenters. The maximum absolute atomic E-state index is 12.4. The van der Waals surface area contributed by atoms with E-state index < -0.39 is 17.2 Å². The van der Waals surface area contributed by atoms with E-state index in [2.05, 4.69) is 28.4 Å². The molecular formula is C18H19N3O4. The number of benzene rings is 1. The number of rotatable bonds is 5. The highest BCUT2D eigenvalue weighted by Crippen LogP contribution is 2.22. The molecule has 7 heteroatoms. The molecule has 2 N–H and O–H groups in total. The van der Waals surface area contributed by atoms with Crippen molar-refractivity contribution in [2.75, 3.05) is 0 Å². The highest BCUT2D eigenvalue weighted by atomic mass is 16.5. The number of nitrogens with one attached hydrogen (secondary N) is 2. The molecule has 0 saturated heterocycles. The summed E-state index contributed by atoms with van der Waals surface area (Å²) < 4.78 is 7.35. The van der Waals surface area contributed by atoms with Crippen LogP contribution in [0.25, 0.3) is 10.9 Å². The van der Waals surface area contributed by atoms with Crippen LogP contribution in [0.15, 0.2) is 46.1 Å². The minimum Gasteiger partial charge on any atom is -0.456 e. The van der Waals surface area contributed by atoms with Crippen molar-refractivity contribution in [3.63, 3.8) is 0 Å². The van der Waals surface area contributed by atoms with E-state index in [0.717, 1.165) is 17.4 Å². The van der Waals surface area contributed by atoms with Gasteiger partial charge in [0.15, 0.2) is 0 Å². The Morgan fingerprint density at radius 3 is 2.72 bits per heavy atom. The quantitative estimate of drug-likeness (QED) is 0.694. The first-order valence-electron chi connectivity index (χ1n) is 8.01. The van der Waals surface area contributed by atoms with E-state index in [1.54, 1.807) is 6.07 Å². The summed E-state index contributed by atoms with van der Waals surface area (Å²) in [5, 5.41) is 0.813. The Hall–Kier alpha value is -3.09. The third-order valence-electron chi connectivity index (χ3n) is 3.77. The van der Waals surface area contributed by atoms with Gasteiger partial charge < -0.3 is 14.3 Å². The molecule has 0 radical (unpaired) electrons. The van der Waals surface area contributed by atoms with Gasteiger partial charge in [0, 0.05) is 29.7 Å². The van der Waals surface area contributed by atoms with Crippen molar-refractivity contribution in [1.82, 2.24) is 14.5 Å². The lowest BCUT2D eigenvalue weighted by Gasteiger charge is -2.09. The molecule has 2 heterocycles. The van der Waals surface area contributed by atoms with Crippen LogP contribution in [-0.2, 0) is 17.9 Å². The third-order valence-corrected chi connectivity index (χ3v) is 3.77. The van der Waals surface area contributed by atoms with E-state index >= 15 is 0 Å². The van der Waals surface area contributed by atoms with Gasteiger partial charge >= 0.3 is 11.7 Å². The molecule has 130 valence electrons. The van der Waals surface area contributed by atoms with E-state index in [1.165, 1.54) is 6.07 Å². The van der Waals surface area contributed by atoms with Gasteiger partial charge in [0.1, 0.15) is 6.61 Å². The first kappa shape index (κ1) is 16.8. The highest BCUT2D eigenvalue weighted by Gasteiger charge is 2.14. The summed E-state index contributed by atoms with van der Waals surface area (Å²) in [7, 11) is 0. The Morgan fingerprint density at radius 1 is 1.20 bits per heavy atom. The Kier molecular flexibility index (Phi) is 4.56. The molecule has 0 spiro atoms. The first-order valence-corrected chi connectivity index (χ1v) is 8.01. The van der Waals surface area contributed by atoms with Crippen molar-refractivity contribution >= 4 is 16.9 Å². The van der Waals surface area contributed by atoms with Crippen molar-refractivity contribution in [2.24, 2.45) is 5.92 Å². The van der Waals surface area contributed by atoms with Gasteiger partial charge in [-0.2, -0.15) is 0 Å². The number of H-pyrrole nitrogens is 2. The van der Waals surface area contributed by atoms with Crippen LogP contribution in [0.4, 0.5) is 0 Å². The molecule has 0 fully saturated rings. The summed E-state index contributed by atoms with van der Waals surface area (Å²) in [6.45, 7) is 4.94. The molecule has 25 heavy (non-hydrogen) atoms. The number of carbonyl (C=O) groups is 1. The van der Waals surface area contributed by atoms with Crippen LogP contribution < -0.4 is 11.2 Å². The van der Waals surface area contributed by atoms with Gasteiger partial charge in [0.05, 0.1) is 11.3 Å². The van der Waals surface area contributed by atoms with Gasteiger partial charge in [0.25, 0.3) is 5.56 Å². The zero-order valence-corrected chi connectivity index (χ0v) is 14.0. The zero-order valence-electron chi connectivity index (χ0n) is 14.0. The lowest BCUT2D eigenvalue weighted by molar-refractivity contribution is 0.0469. The molecule has 3 rings (SSSR count). The molecular weight excluding hydrogens is 322 g/mol. The molecule has 1 aromatic carbocycles. The largest absolute Gasteiger partial charge is 0.456 e. The summed E-state index contributed by atoms with van der Waals surface area (Å²) in [5.74, 6) is -0.0202. The average molecular weight is 341 g/mol. The number of esters is 1. The van der Waals surface area contributed by atoms with Crippen molar-refractivity contribution < 1.29 is 9.53 Å². The third kappa shape index (κ3) is 3.71. The average Bonchev–Trinajstić information content (AvgIpc) is 2.94. The number of hydrogen-bond donors (Lipinski definition) is 2. The van der Waals surface area contributed by atoms with Crippen LogP contribution in [0.2, 0.25) is 0 Å². The number of nitrogens with zero attached hydrogens (tertiary/aromatic N) is 1. The van der Waals surface area contributed by atoms with Gasteiger partial charge in [-0.25, -0.2) is 9.59 Å². The smallest absolute Gasteiger partial charge is 0.339 e. The fraction of sp³-hybridized carbons (Fsp3) is 0.278. The fourth-order valence-electron chi connectivity index (χ4n) is 2.77. The Balaban J connectivity index is 1.83. The lowest BCUT2D eigenvalue weighted by atomic mass is 10.1. The molecule has 0 aliphatic carbocycles. The topological polar surface area (TPSA) is 96.9 Å². The van der Waals surface area contributed by atoms with Crippen molar-refractivity contribution in [2.45, 2.75) is 27.0 Å². The molecule has 7 nitrogen and oxygen atoms in total. The molecule has 2 aromatic heterocycles. The monoisotopic (exact) mass is 341 g/mol. The SMILES string of the molecule is CC(C)Cn1ccc2c(C(=O)OCc3cc(=O)[nH]c(=O)[nH]3)cccc21. The zero-order chi connectivity index (χ0) is 18.0. The van der Waals surface area contributed by atoms with Crippen molar-refractivity contribution in [3.8, 4) is 0 Å². The second-order valence-electron chi connectivity index (χ2n) is 6.29. The minimum absolute atomic E-state index is 0.179. The van der Waals surface area contributed by atoms with Gasteiger partial charge in [-0.05, 0) is 24.1 Å². The van der Waals surface area contributed by atoms with Crippen LogP contribution in [-0.4, -0.2) is 20.5 Å². The standard InChI is InChI=1S/C18H19N3O4/c1-11(2)9-21-7-6-13-14(4-3-5-15(13)21)17(23)25-10-12-8-16(22)20-18(24)19-12/h3-8,11H,9-10H2,1-2H3,(H2,19,20,22,24). The molecule has 0 bridgehead atoms. The molecule has 0 saturated carbocycles. The highest BCUT2D eigenvalue weighted by molar-refractivity contribution is 6.03. The predicted octanol–water partition coefficient (Wildman–Crippen LogP) is 2.03. The number of aromatic amines is 2. The van der Waals surface area contributed by atoms with Crippen LogP contribution in [0.1, 0.15) is 29.9 Å². The first-order chi connectivity index (χ1) is 11.9. The van der Waals surface area contributed by atoms with Gasteiger partial charge in [-0.3, -0.25) is 9.78 Å². The van der Waals surface area contributed by atoms with Crippen LogP contribution in [0.5, 0.6) is 0 Å². The summed E-state index contributed by atoms with van der Waals surface area (Å²) in [4.78, 5) is 39.4. The van der Waals surface area contributed by atoms with Crippen LogP contribution in [0, 0.1) is 5.92 Å². The molecule has 0 aliphatic rings. The van der Waals surface area contributed by atoms with Crippen molar-refractivity contribution in [1.29, 1.82) is 0 Å². The summed E-state index contributed by atoms with van der Waals surface area (Å²) in [5.41, 5.74) is 0.487. The Morgan fingerprint density at radius 2 is 2.00 bits per heavy atom. The van der Waals surface area contributed by atoms with E-state index in [0.29, 0.717) is 11.5 Å². The Labute approximate surface area is 143 Å². The summed E-state index contributed by atoms with van der Waals surface area (Å²) >= 11 is 0. The van der Waals surface area contributed by atoms with E-state index in [-0.39, 0.29) is 12.3 Å². The normalized spacial score (nSPS) is 11.2. The molecule has 0 atom stereocenters. The number of hydrogen-bond acceptors (Lipinski definition) is 4. The minimum atomic E-state index is -0.633. The summed E-state index contributed by atoms with van der Waals surface area (Å²) in [6, 6.07) is 8.55. The van der Waals surface area contributed by atoms with E-state index in [9.17, 15) is 14.4 Å². The lowest BCUT2D eigenvalue weighted by Crippen LogP contribution is -2.23. The van der Waals surface area contributed by atoms with Gasteiger partial charge in [0.2, 0.25) is 0 Å². The summed E-state index contributed by atoms with van der Waals surface area (Å²) in [6.07, 6.45) is 1.95. The second kappa shape index (κ2) is 6.80. The predicted molar refractivity (Wildman–Crippen MR) is 93.6 cm³/mol. The maximum atomic E-state index is 12.4. The van der Waals surface area contributed by atoms with Crippen LogP contribution >= 0.6 is 0 Å². The number of ether oxygens (including phenoxy) is 1. The second-order valence-corrected chi connectivity index (χ2v) is 6.29. The number of carbonyl (C=O) groups excluding carboxylic acids is 1. The number of aromatic nitrogens is 3. The van der Waals surface area contributed by atoms with E-state index in [1.807, 2.05) is 24.4 Å². The van der Waals surface area contributed by atoms with Crippen molar-refractivity contribution in [3.05, 3.63) is 68.6 Å². The molecule has 0 aliphatic heterocycles. The Bertz CT molecular complexity index is 998.